The molecule has 0 saturated carbocycles. The summed E-state index contributed by atoms with van der Waals surface area (Å²) in [7, 11) is 0. The fraction of sp³-hybridized carbons (Fsp3) is 0.333. The van der Waals surface area contributed by atoms with Crippen molar-refractivity contribution in [2.75, 3.05) is 13.2 Å². The molecule has 1 heterocycles. The molecule has 0 aliphatic heterocycles. The van der Waals surface area contributed by atoms with E-state index in [-0.39, 0.29) is 6.61 Å². The number of hydrogen-bond acceptors (Lipinski definition) is 4. The van der Waals surface area contributed by atoms with E-state index in [4.69, 9.17) is 27.9 Å². The van der Waals surface area contributed by atoms with E-state index in [0.717, 1.165) is 6.54 Å². The molecule has 114 valence electrons. The van der Waals surface area contributed by atoms with Crippen molar-refractivity contribution < 1.29 is 9.84 Å². The average molecular weight is 346 g/mol. The van der Waals surface area contributed by atoms with Crippen LogP contribution < -0.4 is 10.1 Å². The Balaban J connectivity index is 1.72. The number of hydrogen-bond donors (Lipinski definition) is 2. The van der Waals surface area contributed by atoms with Crippen LogP contribution in [0.5, 0.6) is 5.75 Å². The Kier molecular flexibility index (Phi) is 6.33. The minimum absolute atomic E-state index is 0.178. The maximum Gasteiger partial charge on any atom is 0.138 e. The van der Waals surface area contributed by atoms with E-state index in [2.05, 4.69) is 23.7 Å². The van der Waals surface area contributed by atoms with Gasteiger partial charge < -0.3 is 15.2 Å². The Morgan fingerprint density at radius 2 is 2.14 bits per heavy atom. The first-order chi connectivity index (χ1) is 10.1. The van der Waals surface area contributed by atoms with Gasteiger partial charge in [0, 0.05) is 23.0 Å². The summed E-state index contributed by atoms with van der Waals surface area (Å²) in [6.07, 6.45) is -0.600. The second-order valence-electron chi connectivity index (χ2n) is 4.70. The highest BCUT2D eigenvalue weighted by atomic mass is 35.5. The summed E-state index contributed by atoms with van der Waals surface area (Å²) in [5.74, 6) is 0.522. The number of nitrogens with one attached hydrogen (secondary N) is 1. The van der Waals surface area contributed by atoms with Crippen LogP contribution in [0.4, 0.5) is 0 Å². The largest absolute Gasteiger partial charge is 0.489 e. The molecule has 3 nitrogen and oxygen atoms in total. The molecule has 0 aliphatic rings. The lowest BCUT2D eigenvalue weighted by Crippen LogP contribution is -2.31. The van der Waals surface area contributed by atoms with Gasteiger partial charge in [0.15, 0.2) is 0 Å². The molecule has 21 heavy (non-hydrogen) atoms. The maximum atomic E-state index is 9.90. The number of ether oxygens (including phenoxy) is 1. The average Bonchev–Trinajstić information content (AvgIpc) is 2.83. The molecule has 2 N–H and O–H groups in total. The van der Waals surface area contributed by atoms with Gasteiger partial charge in [0.25, 0.3) is 0 Å². The first kappa shape index (κ1) is 16.6. The van der Waals surface area contributed by atoms with E-state index < -0.39 is 6.10 Å². The Morgan fingerprint density at radius 1 is 1.33 bits per heavy atom. The van der Waals surface area contributed by atoms with E-state index in [9.17, 15) is 5.11 Å². The predicted molar refractivity (Wildman–Crippen MR) is 88.7 cm³/mol. The summed E-state index contributed by atoms with van der Waals surface area (Å²) in [4.78, 5) is 1.28. The number of benzene rings is 1. The Bertz CT molecular complexity index is 589. The van der Waals surface area contributed by atoms with Gasteiger partial charge in [-0.1, -0.05) is 23.2 Å². The van der Waals surface area contributed by atoms with Crippen molar-refractivity contribution >= 4 is 34.5 Å². The molecule has 0 aliphatic carbocycles. The predicted octanol–water partition coefficient (Wildman–Crippen LogP) is 3.89. The molecule has 1 aromatic carbocycles. The van der Waals surface area contributed by atoms with E-state index in [1.807, 2.05) is 0 Å². The topological polar surface area (TPSA) is 41.5 Å². The summed E-state index contributed by atoms with van der Waals surface area (Å²) in [5, 5.41) is 16.2. The molecule has 6 heteroatoms. The lowest BCUT2D eigenvalue weighted by Gasteiger charge is -2.14. The second-order valence-corrected chi connectivity index (χ2v) is 6.54. The van der Waals surface area contributed by atoms with Crippen LogP contribution in [0.1, 0.15) is 10.4 Å². The molecule has 1 aromatic heterocycles. The second kappa shape index (κ2) is 8.01. The van der Waals surface area contributed by atoms with E-state index in [1.165, 1.54) is 10.4 Å². The van der Waals surface area contributed by atoms with Gasteiger partial charge in [0.1, 0.15) is 18.5 Å². The van der Waals surface area contributed by atoms with E-state index >= 15 is 0 Å². The minimum Gasteiger partial charge on any atom is -0.489 e. The number of halogens is 2. The lowest BCUT2D eigenvalue weighted by molar-refractivity contribution is 0.106. The molecule has 1 unspecified atom stereocenters. The SMILES string of the molecule is Cc1ccsc1CNCC(O)COc1ccc(Cl)cc1Cl. The monoisotopic (exact) mass is 345 g/mol. The standard InChI is InChI=1S/C15H17Cl2NO2S/c1-10-4-5-21-15(10)8-18-7-12(19)9-20-14-3-2-11(16)6-13(14)17/h2-6,12,18-19H,7-9H2,1H3. The third-order valence-corrected chi connectivity index (χ3v) is 4.51. The summed E-state index contributed by atoms with van der Waals surface area (Å²) >= 11 is 13.5. The van der Waals surface area contributed by atoms with Gasteiger partial charge in [0.05, 0.1) is 5.02 Å². The van der Waals surface area contributed by atoms with Crippen molar-refractivity contribution in [2.24, 2.45) is 0 Å². The van der Waals surface area contributed by atoms with Gasteiger partial charge in [-0.15, -0.1) is 11.3 Å². The maximum absolute atomic E-state index is 9.90. The first-order valence-corrected chi connectivity index (χ1v) is 8.19. The van der Waals surface area contributed by atoms with Gasteiger partial charge in [-0.3, -0.25) is 0 Å². The van der Waals surface area contributed by atoms with Crippen LogP contribution >= 0.6 is 34.5 Å². The van der Waals surface area contributed by atoms with Gasteiger partial charge in [-0.05, 0) is 42.1 Å². The molecular weight excluding hydrogens is 329 g/mol. The van der Waals surface area contributed by atoms with Crippen LogP contribution in [-0.2, 0) is 6.54 Å². The summed E-state index contributed by atoms with van der Waals surface area (Å²) in [6.45, 7) is 3.47. The highest BCUT2D eigenvalue weighted by Gasteiger charge is 2.08. The van der Waals surface area contributed by atoms with Crippen LogP contribution in [-0.4, -0.2) is 24.4 Å². The molecule has 1 atom stereocenters. The summed E-state index contributed by atoms with van der Waals surface area (Å²) in [5.41, 5.74) is 1.27. The Labute approximate surface area is 138 Å². The van der Waals surface area contributed by atoms with Crippen molar-refractivity contribution in [3.63, 3.8) is 0 Å². The van der Waals surface area contributed by atoms with Gasteiger partial charge >= 0.3 is 0 Å². The Morgan fingerprint density at radius 3 is 2.81 bits per heavy atom. The molecule has 0 bridgehead atoms. The third kappa shape index (κ3) is 5.16. The summed E-state index contributed by atoms with van der Waals surface area (Å²) < 4.78 is 5.49. The van der Waals surface area contributed by atoms with Gasteiger partial charge in [0.2, 0.25) is 0 Å². The Hall–Kier alpha value is -0.780. The van der Waals surface area contributed by atoms with E-state index in [1.54, 1.807) is 29.5 Å². The zero-order valence-electron chi connectivity index (χ0n) is 11.6. The van der Waals surface area contributed by atoms with Crippen LogP contribution in [0.2, 0.25) is 10.0 Å². The molecule has 0 spiro atoms. The van der Waals surface area contributed by atoms with Crippen LogP contribution in [0.15, 0.2) is 29.6 Å². The van der Waals surface area contributed by atoms with Gasteiger partial charge in [-0.2, -0.15) is 0 Å². The number of aliphatic hydroxyl groups excluding tert-OH is 1. The molecule has 2 aromatic rings. The third-order valence-electron chi connectivity index (χ3n) is 2.96. The number of aryl methyl sites for hydroxylation is 1. The van der Waals surface area contributed by atoms with Crippen molar-refractivity contribution in [2.45, 2.75) is 19.6 Å². The smallest absolute Gasteiger partial charge is 0.138 e. The van der Waals surface area contributed by atoms with E-state index in [0.29, 0.717) is 22.3 Å². The van der Waals surface area contributed by atoms with Crippen molar-refractivity contribution in [1.82, 2.24) is 5.32 Å². The molecular formula is C15H17Cl2NO2S. The molecule has 0 fully saturated rings. The van der Waals surface area contributed by atoms with Crippen molar-refractivity contribution in [1.29, 1.82) is 0 Å². The van der Waals surface area contributed by atoms with Crippen molar-refractivity contribution in [3.8, 4) is 5.75 Å². The van der Waals surface area contributed by atoms with Crippen LogP contribution in [0.25, 0.3) is 0 Å². The zero-order chi connectivity index (χ0) is 15.2. The van der Waals surface area contributed by atoms with Crippen LogP contribution in [0.3, 0.4) is 0 Å². The van der Waals surface area contributed by atoms with Gasteiger partial charge in [-0.25, -0.2) is 0 Å². The fourth-order valence-electron chi connectivity index (χ4n) is 1.77. The first-order valence-electron chi connectivity index (χ1n) is 6.56. The molecule has 0 saturated heterocycles. The highest BCUT2D eigenvalue weighted by Crippen LogP contribution is 2.27. The summed E-state index contributed by atoms with van der Waals surface area (Å²) in [6, 6.07) is 7.10. The molecule has 2 rings (SSSR count). The number of rotatable bonds is 7. The quantitative estimate of drug-likeness (QED) is 0.799. The lowest BCUT2D eigenvalue weighted by atomic mass is 10.3. The highest BCUT2D eigenvalue weighted by molar-refractivity contribution is 7.10. The zero-order valence-corrected chi connectivity index (χ0v) is 13.9. The molecule has 0 amide bonds. The normalized spacial score (nSPS) is 12.4. The number of thiophene rings is 1. The van der Waals surface area contributed by atoms with Crippen molar-refractivity contribution in [3.05, 3.63) is 50.1 Å². The minimum atomic E-state index is -0.600. The van der Waals surface area contributed by atoms with Crippen LogP contribution in [0, 0.1) is 6.92 Å². The fourth-order valence-corrected chi connectivity index (χ4v) is 3.11. The molecule has 0 radical (unpaired) electrons. The number of aliphatic hydroxyl groups is 1.